The number of carbonyl (C=O) groups excluding carboxylic acids is 2. The van der Waals surface area contributed by atoms with Crippen LogP contribution < -0.4 is 0 Å². The van der Waals surface area contributed by atoms with E-state index in [0.29, 0.717) is 6.42 Å². The van der Waals surface area contributed by atoms with E-state index in [9.17, 15) is 9.59 Å². The number of carbonyl (C=O) groups is 2. The predicted octanol–water partition coefficient (Wildman–Crippen LogP) is 8.30. The largest absolute Gasteiger partial charge is 0.276 e. The zero-order chi connectivity index (χ0) is 23.3. The lowest BCUT2D eigenvalue weighted by Gasteiger charge is -2.38. The van der Waals surface area contributed by atoms with E-state index in [1.165, 1.54) is 64.2 Å². The normalized spacial score (nSPS) is 19.3. The fourth-order valence-electron chi connectivity index (χ4n) is 4.90. The molecule has 2 unspecified atom stereocenters. The minimum absolute atomic E-state index is 0.0448. The molecule has 0 saturated carbocycles. The van der Waals surface area contributed by atoms with Crippen LogP contribution in [-0.2, 0) is 9.59 Å². The Hall–Kier alpha value is -0.510. The molecule has 1 aliphatic heterocycles. The maximum Gasteiger partial charge on any atom is 0.243 e. The van der Waals surface area contributed by atoms with Crippen LogP contribution in [0.4, 0.5) is 0 Å². The van der Waals surface area contributed by atoms with Crippen LogP contribution in [-0.4, -0.2) is 32.3 Å². The second-order valence-corrected chi connectivity index (χ2v) is 12.5. The Kier molecular flexibility index (Phi) is 13.4. The van der Waals surface area contributed by atoms with Crippen molar-refractivity contribution in [2.75, 3.05) is 0 Å². The molecular weight excluding hydrogens is 402 g/mol. The lowest BCUT2D eigenvalue weighted by atomic mass is 9.86. The summed E-state index contributed by atoms with van der Waals surface area (Å²) in [6, 6.07) is 0. The highest BCUT2D eigenvalue weighted by molar-refractivity contribution is 8.02. The molecule has 0 aromatic carbocycles. The first-order chi connectivity index (χ1) is 14.7. The molecule has 0 radical (unpaired) electrons. The van der Waals surface area contributed by atoms with Crippen LogP contribution in [0.25, 0.3) is 0 Å². The van der Waals surface area contributed by atoms with Crippen molar-refractivity contribution >= 4 is 23.6 Å². The van der Waals surface area contributed by atoms with Crippen LogP contribution >= 0.6 is 11.8 Å². The number of hydrogen-bond acceptors (Lipinski definition) is 3. The number of rotatable bonds is 18. The summed E-state index contributed by atoms with van der Waals surface area (Å²) in [6.07, 6.45) is 17.9. The maximum atomic E-state index is 13.5. The van der Waals surface area contributed by atoms with E-state index in [4.69, 9.17) is 0 Å². The third-order valence-corrected chi connectivity index (χ3v) is 8.37. The standard InChI is InChI=1S/C27H51NO2S/c1-7-10-13-15-18-21-27(6,20-16-12-9-3)28-24(29)22-23(25(28)30)31-26(4,5)19-17-14-11-8-2/h23H,7-22H2,1-6H3. The minimum atomic E-state index is -0.309. The van der Waals surface area contributed by atoms with Gasteiger partial charge >= 0.3 is 0 Å². The monoisotopic (exact) mass is 453 g/mol. The number of hydrogen-bond donors (Lipinski definition) is 0. The molecule has 2 amide bonds. The van der Waals surface area contributed by atoms with Crippen molar-refractivity contribution in [2.24, 2.45) is 0 Å². The Balaban J connectivity index is 2.79. The summed E-state index contributed by atoms with van der Waals surface area (Å²) in [5.74, 6) is 0.154. The van der Waals surface area contributed by atoms with E-state index in [1.54, 1.807) is 16.7 Å². The molecule has 0 N–H and O–H groups in total. The highest BCUT2D eigenvalue weighted by Crippen LogP contribution is 2.42. The third kappa shape index (κ3) is 9.88. The van der Waals surface area contributed by atoms with Gasteiger partial charge in [0.1, 0.15) is 0 Å². The van der Waals surface area contributed by atoms with Crippen molar-refractivity contribution in [3.05, 3.63) is 0 Å². The number of amides is 2. The number of nitrogens with zero attached hydrogens (tertiary/aromatic N) is 1. The summed E-state index contributed by atoms with van der Waals surface area (Å²) in [5, 5.41) is -0.195. The number of thioether (sulfide) groups is 1. The first-order valence-electron chi connectivity index (χ1n) is 13.3. The van der Waals surface area contributed by atoms with E-state index in [1.807, 2.05) is 0 Å². The molecule has 0 aromatic rings. The number of unbranched alkanes of at least 4 members (excludes halogenated alkanes) is 9. The summed E-state index contributed by atoms with van der Waals surface area (Å²) in [4.78, 5) is 28.3. The SMILES string of the molecule is CCCCCCCC(C)(CCCCC)N1C(=O)CC(SC(C)(C)CCCCCC)C1=O. The van der Waals surface area contributed by atoms with Gasteiger partial charge in [-0.1, -0.05) is 112 Å². The van der Waals surface area contributed by atoms with Crippen LogP contribution in [0, 0.1) is 0 Å². The lowest BCUT2D eigenvalue weighted by Crippen LogP contribution is -2.50. The summed E-state index contributed by atoms with van der Waals surface area (Å²) < 4.78 is 0.0448. The van der Waals surface area contributed by atoms with Crippen molar-refractivity contribution in [1.82, 2.24) is 4.90 Å². The van der Waals surface area contributed by atoms with Gasteiger partial charge in [0.25, 0.3) is 0 Å². The highest BCUT2D eigenvalue weighted by Gasteiger charge is 2.48. The van der Waals surface area contributed by atoms with E-state index in [0.717, 1.165) is 32.1 Å². The molecule has 1 rings (SSSR count). The quantitative estimate of drug-likeness (QED) is 0.155. The van der Waals surface area contributed by atoms with Crippen LogP contribution in [0.1, 0.15) is 144 Å². The van der Waals surface area contributed by atoms with Crippen LogP contribution in [0.15, 0.2) is 0 Å². The molecule has 0 spiro atoms. The Bertz CT molecular complexity index is 533. The molecule has 1 aliphatic rings. The second kappa shape index (κ2) is 14.6. The molecule has 31 heavy (non-hydrogen) atoms. The minimum Gasteiger partial charge on any atom is -0.276 e. The van der Waals surface area contributed by atoms with Gasteiger partial charge in [-0.3, -0.25) is 14.5 Å². The van der Waals surface area contributed by atoms with Crippen molar-refractivity contribution in [3.8, 4) is 0 Å². The van der Waals surface area contributed by atoms with Crippen molar-refractivity contribution < 1.29 is 9.59 Å². The molecule has 4 heteroatoms. The molecule has 0 aromatic heterocycles. The maximum absolute atomic E-state index is 13.5. The Morgan fingerprint density at radius 2 is 1.19 bits per heavy atom. The zero-order valence-electron chi connectivity index (χ0n) is 21.6. The zero-order valence-corrected chi connectivity index (χ0v) is 22.4. The molecule has 1 fully saturated rings. The topological polar surface area (TPSA) is 37.4 Å². The summed E-state index contributed by atoms with van der Waals surface area (Å²) in [7, 11) is 0. The average molecular weight is 454 g/mol. The van der Waals surface area contributed by atoms with E-state index >= 15 is 0 Å². The van der Waals surface area contributed by atoms with E-state index in [2.05, 4.69) is 41.5 Å². The predicted molar refractivity (Wildman–Crippen MR) is 137 cm³/mol. The van der Waals surface area contributed by atoms with Gasteiger partial charge in [-0.25, -0.2) is 0 Å². The van der Waals surface area contributed by atoms with Gasteiger partial charge in [-0.2, -0.15) is 0 Å². The van der Waals surface area contributed by atoms with Gasteiger partial charge in [-0.05, 0) is 26.2 Å². The summed E-state index contributed by atoms with van der Waals surface area (Å²) in [6.45, 7) is 13.4. The van der Waals surface area contributed by atoms with Crippen LogP contribution in [0.2, 0.25) is 0 Å². The average Bonchev–Trinajstić information content (AvgIpc) is 2.98. The smallest absolute Gasteiger partial charge is 0.243 e. The van der Waals surface area contributed by atoms with Crippen LogP contribution in [0.5, 0.6) is 0 Å². The van der Waals surface area contributed by atoms with E-state index in [-0.39, 0.29) is 27.4 Å². The van der Waals surface area contributed by atoms with Crippen molar-refractivity contribution in [1.29, 1.82) is 0 Å². The fourth-order valence-corrected chi connectivity index (χ4v) is 6.36. The van der Waals surface area contributed by atoms with Crippen molar-refractivity contribution in [2.45, 2.75) is 160 Å². The fraction of sp³-hybridized carbons (Fsp3) is 0.926. The second-order valence-electron chi connectivity index (χ2n) is 10.6. The van der Waals surface area contributed by atoms with Gasteiger partial charge in [0.15, 0.2) is 0 Å². The molecular formula is C27H51NO2S. The Labute approximate surface area is 197 Å². The Morgan fingerprint density at radius 3 is 1.77 bits per heavy atom. The molecule has 3 nitrogen and oxygen atoms in total. The molecule has 1 heterocycles. The molecule has 1 saturated heterocycles. The van der Waals surface area contributed by atoms with Crippen LogP contribution in [0.3, 0.4) is 0 Å². The third-order valence-electron chi connectivity index (χ3n) is 6.88. The van der Waals surface area contributed by atoms with Gasteiger partial charge in [0, 0.05) is 16.7 Å². The molecule has 182 valence electrons. The lowest BCUT2D eigenvalue weighted by molar-refractivity contribution is -0.145. The number of likely N-dealkylation sites (tertiary alicyclic amines) is 1. The molecule has 0 bridgehead atoms. The highest BCUT2D eigenvalue weighted by atomic mass is 32.2. The first-order valence-corrected chi connectivity index (χ1v) is 14.1. The molecule has 2 atom stereocenters. The van der Waals surface area contributed by atoms with Gasteiger partial charge in [0.2, 0.25) is 11.8 Å². The number of imide groups is 1. The summed E-state index contributed by atoms with van der Waals surface area (Å²) in [5.41, 5.74) is -0.309. The molecule has 0 aliphatic carbocycles. The van der Waals surface area contributed by atoms with E-state index < -0.39 is 0 Å². The van der Waals surface area contributed by atoms with Crippen molar-refractivity contribution in [3.63, 3.8) is 0 Å². The Morgan fingerprint density at radius 1 is 0.742 bits per heavy atom. The summed E-state index contributed by atoms with van der Waals surface area (Å²) >= 11 is 1.75. The van der Waals surface area contributed by atoms with Gasteiger partial charge in [-0.15, -0.1) is 11.8 Å². The first kappa shape index (κ1) is 28.5. The van der Waals surface area contributed by atoms with Gasteiger partial charge in [0.05, 0.1) is 5.25 Å². The van der Waals surface area contributed by atoms with Gasteiger partial charge < -0.3 is 0 Å².